The quantitative estimate of drug-likeness (QED) is 0.578. The number of halogens is 1. The van der Waals surface area contributed by atoms with Crippen molar-refractivity contribution in [3.8, 4) is 11.5 Å². The lowest BCUT2D eigenvalue weighted by molar-refractivity contribution is -0.142. The van der Waals surface area contributed by atoms with Crippen LogP contribution in [0.25, 0.3) is 0 Å². The summed E-state index contributed by atoms with van der Waals surface area (Å²) in [6, 6.07) is 11.1. The first-order chi connectivity index (χ1) is 13.0. The molecule has 7 nitrogen and oxygen atoms in total. The first-order valence-corrected chi connectivity index (χ1v) is 8.53. The van der Waals surface area contributed by atoms with Crippen LogP contribution in [-0.2, 0) is 9.53 Å². The molecule has 0 fully saturated rings. The third-order valence-electron chi connectivity index (χ3n) is 3.78. The molecule has 0 aromatic heterocycles. The lowest BCUT2D eigenvalue weighted by Crippen LogP contribution is -2.27. The highest BCUT2D eigenvalue weighted by atomic mass is 35.5. The molecule has 0 atom stereocenters. The van der Waals surface area contributed by atoms with Crippen molar-refractivity contribution in [2.24, 2.45) is 0 Å². The van der Waals surface area contributed by atoms with Gasteiger partial charge in [-0.15, -0.1) is 0 Å². The van der Waals surface area contributed by atoms with E-state index in [4.69, 9.17) is 25.8 Å². The van der Waals surface area contributed by atoms with E-state index in [1.54, 1.807) is 42.5 Å². The number of carbonyl (C=O) groups excluding carboxylic acids is 3. The maximum Gasteiger partial charge on any atom is 0.308 e. The SMILES string of the molecule is O=C(CCNC(=O)c1ccc(Cl)cc1)OCC(=O)c1ccc2c(c1)OCO2. The van der Waals surface area contributed by atoms with E-state index >= 15 is 0 Å². The number of hydrogen-bond donors (Lipinski definition) is 1. The van der Waals surface area contributed by atoms with Crippen LogP contribution < -0.4 is 14.8 Å². The topological polar surface area (TPSA) is 90.9 Å². The van der Waals surface area contributed by atoms with Gasteiger partial charge < -0.3 is 19.5 Å². The molecular formula is C19H16ClNO6. The van der Waals surface area contributed by atoms with Crippen LogP contribution in [0.3, 0.4) is 0 Å². The Bertz CT molecular complexity index is 865. The van der Waals surface area contributed by atoms with Crippen molar-refractivity contribution < 1.29 is 28.6 Å². The molecule has 0 spiro atoms. The number of Topliss-reactive ketones (excluding diaryl/α,β-unsaturated/α-hetero) is 1. The average molecular weight is 390 g/mol. The van der Waals surface area contributed by atoms with Crippen molar-refractivity contribution in [1.29, 1.82) is 0 Å². The van der Waals surface area contributed by atoms with Crippen LogP contribution >= 0.6 is 11.6 Å². The molecule has 0 unspecified atom stereocenters. The van der Waals surface area contributed by atoms with Crippen LogP contribution in [0, 0.1) is 0 Å². The molecular weight excluding hydrogens is 374 g/mol. The molecule has 1 aliphatic rings. The normalized spacial score (nSPS) is 11.7. The maximum atomic E-state index is 12.1. The van der Waals surface area contributed by atoms with Gasteiger partial charge in [0, 0.05) is 22.7 Å². The largest absolute Gasteiger partial charge is 0.457 e. The first-order valence-electron chi connectivity index (χ1n) is 8.15. The molecule has 0 bridgehead atoms. The van der Waals surface area contributed by atoms with E-state index in [1.807, 2.05) is 0 Å². The Hall–Kier alpha value is -3.06. The Kier molecular flexibility index (Phi) is 5.93. The predicted octanol–water partition coefficient (Wildman–Crippen LogP) is 2.61. The Morgan fingerprint density at radius 3 is 2.48 bits per heavy atom. The Morgan fingerprint density at radius 1 is 1.00 bits per heavy atom. The van der Waals surface area contributed by atoms with Gasteiger partial charge in [-0.1, -0.05) is 11.6 Å². The van der Waals surface area contributed by atoms with Crippen molar-refractivity contribution in [1.82, 2.24) is 5.32 Å². The Labute approximate surface area is 160 Å². The van der Waals surface area contributed by atoms with Crippen molar-refractivity contribution in [3.05, 3.63) is 58.6 Å². The van der Waals surface area contributed by atoms with E-state index in [2.05, 4.69) is 5.32 Å². The molecule has 2 aromatic rings. The number of ether oxygens (including phenoxy) is 3. The van der Waals surface area contributed by atoms with E-state index in [0.29, 0.717) is 27.6 Å². The van der Waals surface area contributed by atoms with Gasteiger partial charge in [0.15, 0.2) is 23.9 Å². The molecule has 1 heterocycles. The highest BCUT2D eigenvalue weighted by Crippen LogP contribution is 2.32. The molecule has 1 amide bonds. The number of ketones is 1. The standard InChI is InChI=1S/C19H16ClNO6/c20-14-4-1-12(2-5-14)19(24)21-8-7-18(23)25-10-15(22)13-3-6-16-17(9-13)27-11-26-16/h1-6,9H,7-8,10-11H2,(H,21,24). The number of hydrogen-bond acceptors (Lipinski definition) is 6. The van der Waals surface area contributed by atoms with Crippen LogP contribution in [0.4, 0.5) is 0 Å². The van der Waals surface area contributed by atoms with Crippen molar-refractivity contribution >= 4 is 29.3 Å². The van der Waals surface area contributed by atoms with Crippen LogP contribution in [0.1, 0.15) is 27.1 Å². The van der Waals surface area contributed by atoms with Crippen molar-refractivity contribution in [2.45, 2.75) is 6.42 Å². The fourth-order valence-corrected chi connectivity index (χ4v) is 2.48. The van der Waals surface area contributed by atoms with Gasteiger partial charge in [-0.3, -0.25) is 14.4 Å². The summed E-state index contributed by atoms with van der Waals surface area (Å²) in [4.78, 5) is 35.7. The molecule has 140 valence electrons. The molecule has 2 aromatic carbocycles. The molecule has 8 heteroatoms. The maximum absolute atomic E-state index is 12.1. The summed E-state index contributed by atoms with van der Waals surface area (Å²) in [5, 5.41) is 3.13. The summed E-state index contributed by atoms with van der Waals surface area (Å²) >= 11 is 5.76. The van der Waals surface area contributed by atoms with E-state index in [9.17, 15) is 14.4 Å². The predicted molar refractivity (Wildman–Crippen MR) is 96.3 cm³/mol. The van der Waals surface area contributed by atoms with Crippen LogP contribution in [-0.4, -0.2) is 37.6 Å². The number of rotatable bonds is 7. The monoisotopic (exact) mass is 389 g/mol. The molecule has 0 saturated heterocycles. The molecule has 0 aliphatic carbocycles. The third-order valence-corrected chi connectivity index (χ3v) is 4.03. The fraction of sp³-hybridized carbons (Fsp3) is 0.211. The zero-order chi connectivity index (χ0) is 19.2. The van der Waals surface area contributed by atoms with Crippen molar-refractivity contribution in [2.75, 3.05) is 19.9 Å². The molecule has 27 heavy (non-hydrogen) atoms. The van der Waals surface area contributed by atoms with Gasteiger partial charge in [-0.05, 0) is 42.5 Å². The van der Waals surface area contributed by atoms with Crippen LogP contribution in [0.15, 0.2) is 42.5 Å². The van der Waals surface area contributed by atoms with Gasteiger partial charge in [-0.2, -0.15) is 0 Å². The van der Waals surface area contributed by atoms with Gasteiger partial charge >= 0.3 is 5.97 Å². The lowest BCUT2D eigenvalue weighted by atomic mass is 10.1. The fourth-order valence-electron chi connectivity index (χ4n) is 2.35. The molecule has 1 aliphatic heterocycles. The van der Waals surface area contributed by atoms with E-state index in [0.717, 1.165) is 0 Å². The van der Waals surface area contributed by atoms with E-state index in [1.165, 1.54) is 0 Å². The number of fused-ring (bicyclic) bond motifs is 1. The second-order valence-corrected chi connectivity index (χ2v) is 6.10. The first kappa shape index (κ1) is 18.7. The number of esters is 1. The van der Waals surface area contributed by atoms with Crippen LogP contribution in [0.5, 0.6) is 11.5 Å². The lowest BCUT2D eigenvalue weighted by Gasteiger charge is -2.07. The minimum Gasteiger partial charge on any atom is -0.457 e. The van der Waals surface area contributed by atoms with Gasteiger partial charge in [0.25, 0.3) is 5.91 Å². The Morgan fingerprint density at radius 2 is 1.70 bits per heavy atom. The highest BCUT2D eigenvalue weighted by Gasteiger charge is 2.17. The number of carbonyl (C=O) groups is 3. The summed E-state index contributed by atoms with van der Waals surface area (Å²) < 4.78 is 15.3. The summed E-state index contributed by atoms with van der Waals surface area (Å²) in [5.74, 6) is -0.208. The average Bonchev–Trinajstić information content (AvgIpc) is 3.14. The van der Waals surface area contributed by atoms with Crippen LogP contribution in [0.2, 0.25) is 5.02 Å². The van der Waals surface area contributed by atoms with Gasteiger partial charge in [0.05, 0.1) is 6.42 Å². The summed E-state index contributed by atoms with van der Waals surface area (Å²) in [6.45, 7) is -0.175. The van der Waals surface area contributed by atoms with Gasteiger partial charge in [-0.25, -0.2) is 0 Å². The van der Waals surface area contributed by atoms with Crippen molar-refractivity contribution in [3.63, 3.8) is 0 Å². The van der Waals surface area contributed by atoms with Gasteiger partial charge in [0.2, 0.25) is 6.79 Å². The number of benzene rings is 2. The minimum atomic E-state index is -0.583. The zero-order valence-corrected chi connectivity index (χ0v) is 15.0. The molecule has 0 saturated carbocycles. The minimum absolute atomic E-state index is 0.0479. The summed E-state index contributed by atoms with van der Waals surface area (Å²) in [7, 11) is 0. The zero-order valence-electron chi connectivity index (χ0n) is 14.2. The smallest absolute Gasteiger partial charge is 0.308 e. The number of amides is 1. The summed E-state index contributed by atoms with van der Waals surface area (Å²) in [6.07, 6.45) is -0.0479. The molecule has 1 N–H and O–H groups in total. The Balaban J connectivity index is 1.40. The molecule has 3 rings (SSSR count). The number of nitrogens with one attached hydrogen (secondary N) is 1. The van der Waals surface area contributed by atoms with E-state index < -0.39 is 5.97 Å². The second kappa shape index (κ2) is 8.55. The van der Waals surface area contributed by atoms with E-state index in [-0.39, 0.29) is 38.1 Å². The second-order valence-electron chi connectivity index (χ2n) is 5.66. The summed E-state index contributed by atoms with van der Waals surface area (Å²) in [5.41, 5.74) is 0.800. The highest BCUT2D eigenvalue weighted by molar-refractivity contribution is 6.30. The molecule has 0 radical (unpaired) electrons. The van der Waals surface area contributed by atoms with Gasteiger partial charge in [0.1, 0.15) is 0 Å². The third kappa shape index (κ3) is 4.98.